The Morgan fingerprint density at radius 3 is 1.91 bits per heavy atom. The van der Waals surface area contributed by atoms with Gasteiger partial charge in [0.25, 0.3) is 10.0 Å². The van der Waals surface area contributed by atoms with Crippen molar-refractivity contribution in [2.75, 3.05) is 6.54 Å². The molecule has 2 N–H and O–H groups in total. The number of benzene rings is 1. The van der Waals surface area contributed by atoms with Crippen LogP contribution >= 0.6 is 0 Å². The number of nitrogens with one attached hydrogen (secondary N) is 2. The van der Waals surface area contributed by atoms with E-state index in [1.165, 1.54) is 12.1 Å². The third-order valence-electron chi connectivity index (χ3n) is 3.04. The van der Waals surface area contributed by atoms with Gasteiger partial charge in [0.2, 0.25) is 0 Å². The summed E-state index contributed by atoms with van der Waals surface area (Å²) >= 11 is 0. The van der Waals surface area contributed by atoms with E-state index >= 15 is 0 Å². The Labute approximate surface area is 133 Å². The van der Waals surface area contributed by atoms with Crippen LogP contribution in [0.15, 0.2) is 29.2 Å². The second-order valence-corrected chi connectivity index (χ2v) is 9.31. The summed E-state index contributed by atoms with van der Waals surface area (Å²) in [5.74, 6) is 0. The fourth-order valence-electron chi connectivity index (χ4n) is 1.70. The van der Waals surface area contributed by atoms with Crippen LogP contribution in [0.25, 0.3) is 0 Å². The molecule has 0 bridgehead atoms. The maximum atomic E-state index is 12.2. The van der Waals surface area contributed by atoms with Crippen molar-refractivity contribution in [3.8, 4) is 0 Å². The molecule has 0 atom stereocenters. The highest BCUT2D eigenvalue weighted by Crippen LogP contribution is 2.23. The van der Waals surface area contributed by atoms with E-state index in [1.54, 1.807) is 12.1 Å². The number of urea groups is 1. The average Bonchev–Trinajstić information content (AvgIpc) is 2.34. The minimum atomic E-state index is -3.85. The first-order valence-corrected chi connectivity index (χ1v) is 8.71. The fraction of sp³-hybridized carbons (Fsp3) is 0.562. The molecule has 5 nitrogen and oxygen atoms in total. The topological polar surface area (TPSA) is 75.3 Å². The molecule has 0 aromatic heterocycles. The number of hydrogen-bond donors (Lipinski definition) is 2. The van der Waals surface area contributed by atoms with Crippen LogP contribution in [0.3, 0.4) is 0 Å². The van der Waals surface area contributed by atoms with Crippen LogP contribution in [0.1, 0.15) is 47.1 Å². The van der Waals surface area contributed by atoms with Gasteiger partial charge in [-0.15, -0.1) is 0 Å². The molecule has 2 amide bonds. The Kier molecular flexibility index (Phi) is 5.28. The highest BCUT2D eigenvalue weighted by molar-refractivity contribution is 7.90. The SMILES string of the molecule is CC(C)(C)CNC(=O)NS(=O)(=O)c1ccc(C(C)(C)C)cc1. The lowest BCUT2D eigenvalue weighted by Crippen LogP contribution is -2.42. The van der Waals surface area contributed by atoms with Gasteiger partial charge in [-0.05, 0) is 28.5 Å². The highest BCUT2D eigenvalue weighted by Gasteiger charge is 2.20. The lowest BCUT2D eigenvalue weighted by atomic mass is 9.87. The van der Waals surface area contributed by atoms with Gasteiger partial charge in [0.15, 0.2) is 0 Å². The predicted octanol–water partition coefficient (Wildman–Crippen LogP) is 3.02. The Morgan fingerprint density at radius 2 is 1.50 bits per heavy atom. The third kappa shape index (κ3) is 5.67. The quantitative estimate of drug-likeness (QED) is 0.896. The van der Waals surface area contributed by atoms with E-state index in [2.05, 4.69) is 26.1 Å². The summed E-state index contributed by atoms with van der Waals surface area (Å²) < 4.78 is 26.3. The highest BCUT2D eigenvalue weighted by atomic mass is 32.2. The van der Waals surface area contributed by atoms with Crippen molar-refractivity contribution in [2.45, 2.75) is 51.9 Å². The van der Waals surface area contributed by atoms with Crippen molar-refractivity contribution < 1.29 is 13.2 Å². The van der Waals surface area contributed by atoms with E-state index in [1.807, 2.05) is 25.5 Å². The van der Waals surface area contributed by atoms with Crippen LogP contribution in [0, 0.1) is 5.41 Å². The molecule has 0 unspecified atom stereocenters. The summed E-state index contributed by atoms with van der Waals surface area (Å²) in [6.45, 7) is 12.4. The zero-order valence-corrected chi connectivity index (χ0v) is 15.0. The van der Waals surface area contributed by atoms with Gasteiger partial charge >= 0.3 is 6.03 Å². The molecule has 0 saturated heterocycles. The van der Waals surface area contributed by atoms with Gasteiger partial charge in [-0.3, -0.25) is 0 Å². The maximum Gasteiger partial charge on any atom is 0.328 e. The summed E-state index contributed by atoms with van der Waals surface area (Å²) in [7, 11) is -3.85. The van der Waals surface area contributed by atoms with E-state index < -0.39 is 16.1 Å². The maximum absolute atomic E-state index is 12.2. The van der Waals surface area contributed by atoms with E-state index in [4.69, 9.17) is 0 Å². The molecule has 0 aliphatic carbocycles. The Balaban J connectivity index is 2.80. The molecule has 0 spiro atoms. The van der Waals surface area contributed by atoms with E-state index in [0.717, 1.165) is 5.56 Å². The number of hydrogen-bond acceptors (Lipinski definition) is 3. The Morgan fingerprint density at radius 1 is 1.00 bits per heavy atom. The number of sulfonamides is 1. The molecule has 0 aliphatic heterocycles. The van der Waals surface area contributed by atoms with Crippen molar-refractivity contribution in [3.63, 3.8) is 0 Å². The molecule has 6 heteroatoms. The first kappa shape index (κ1) is 18.5. The van der Waals surface area contributed by atoms with Gasteiger partial charge in [-0.1, -0.05) is 53.7 Å². The number of rotatable bonds is 3. The van der Waals surface area contributed by atoms with Crippen molar-refractivity contribution in [1.82, 2.24) is 10.0 Å². The molecular formula is C16H26N2O3S. The molecule has 0 saturated carbocycles. The molecule has 1 aromatic carbocycles. The normalized spacial score (nSPS) is 12.8. The molecule has 1 rings (SSSR count). The smallest absolute Gasteiger partial charge is 0.328 e. The summed E-state index contributed by atoms with van der Waals surface area (Å²) in [6.07, 6.45) is 0. The van der Waals surface area contributed by atoms with Crippen LogP contribution in [0.5, 0.6) is 0 Å². The van der Waals surface area contributed by atoms with Gasteiger partial charge in [0.05, 0.1) is 4.90 Å². The zero-order valence-electron chi connectivity index (χ0n) is 14.1. The lowest BCUT2D eigenvalue weighted by Gasteiger charge is -2.20. The van der Waals surface area contributed by atoms with Crippen LogP contribution < -0.4 is 10.0 Å². The largest absolute Gasteiger partial charge is 0.337 e. The molecule has 1 aromatic rings. The van der Waals surface area contributed by atoms with Gasteiger partial charge in [-0.2, -0.15) is 0 Å². The van der Waals surface area contributed by atoms with Gasteiger partial charge < -0.3 is 5.32 Å². The van der Waals surface area contributed by atoms with Gasteiger partial charge in [-0.25, -0.2) is 17.9 Å². The monoisotopic (exact) mass is 326 g/mol. The summed E-state index contributed by atoms with van der Waals surface area (Å²) in [5, 5.41) is 2.55. The summed E-state index contributed by atoms with van der Waals surface area (Å²) in [5.41, 5.74) is 0.860. The van der Waals surface area contributed by atoms with Gasteiger partial charge in [0.1, 0.15) is 0 Å². The molecule has 0 heterocycles. The Hall–Kier alpha value is -1.56. The minimum Gasteiger partial charge on any atom is -0.337 e. The van der Waals surface area contributed by atoms with Crippen LogP contribution in [0.2, 0.25) is 0 Å². The second kappa shape index (κ2) is 6.28. The van der Waals surface area contributed by atoms with Crippen LogP contribution in [0.4, 0.5) is 4.79 Å². The van der Waals surface area contributed by atoms with E-state index in [-0.39, 0.29) is 15.7 Å². The second-order valence-electron chi connectivity index (χ2n) is 7.62. The number of carbonyl (C=O) groups excluding carboxylic acids is 1. The number of amides is 2. The molecule has 22 heavy (non-hydrogen) atoms. The van der Waals surface area contributed by atoms with Crippen LogP contribution in [-0.2, 0) is 15.4 Å². The van der Waals surface area contributed by atoms with Crippen LogP contribution in [-0.4, -0.2) is 21.0 Å². The molecule has 124 valence electrons. The molecular weight excluding hydrogens is 300 g/mol. The summed E-state index contributed by atoms with van der Waals surface area (Å²) in [4.78, 5) is 11.8. The van der Waals surface area contributed by atoms with Gasteiger partial charge in [0, 0.05) is 6.54 Å². The van der Waals surface area contributed by atoms with Crippen molar-refractivity contribution >= 4 is 16.1 Å². The molecule has 0 radical (unpaired) electrons. The predicted molar refractivity (Wildman–Crippen MR) is 88.3 cm³/mol. The van der Waals surface area contributed by atoms with Crippen molar-refractivity contribution in [2.24, 2.45) is 5.41 Å². The van der Waals surface area contributed by atoms with E-state index in [0.29, 0.717) is 6.54 Å². The standard InChI is InChI=1S/C16H26N2O3S/c1-15(2,3)11-17-14(19)18-22(20,21)13-9-7-12(8-10-13)16(4,5)6/h7-10H,11H2,1-6H3,(H2,17,18,19). The average molecular weight is 326 g/mol. The van der Waals surface area contributed by atoms with Crippen molar-refractivity contribution in [1.29, 1.82) is 0 Å². The first-order chi connectivity index (χ1) is 9.81. The lowest BCUT2D eigenvalue weighted by molar-refractivity contribution is 0.240. The third-order valence-corrected chi connectivity index (χ3v) is 4.38. The number of carbonyl (C=O) groups is 1. The summed E-state index contributed by atoms with van der Waals surface area (Å²) in [6, 6.07) is 5.85. The first-order valence-electron chi connectivity index (χ1n) is 7.22. The van der Waals surface area contributed by atoms with E-state index in [9.17, 15) is 13.2 Å². The Bertz CT molecular complexity index is 621. The fourth-order valence-corrected chi connectivity index (χ4v) is 2.63. The molecule has 0 fully saturated rings. The zero-order chi connectivity index (χ0) is 17.2. The molecule has 0 aliphatic rings. The van der Waals surface area contributed by atoms with Crippen molar-refractivity contribution in [3.05, 3.63) is 29.8 Å². The minimum absolute atomic E-state index is 0.0557.